The monoisotopic (exact) mass is 671 g/mol. The van der Waals surface area contributed by atoms with Crippen molar-refractivity contribution in [3.63, 3.8) is 0 Å². The molecule has 0 bridgehead atoms. The summed E-state index contributed by atoms with van der Waals surface area (Å²) in [6, 6.07) is 73.7. The van der Waals surface area contributed by atoms with Gasteiger partial charge in [-0.1, -0.05) is 152 Å². The number of para-hydroxylation sites is 2. The predicted octanol–water partition coefficient (Wildman–Crippen LogP) is 14.4. The Kier molecular flexibility index (Phi) is 6.62. The van der Waals surface area contributed by atoms with Gasteiger partial charge in [0.05, 0.1) is 11.0 Å². The second kappa shape index (κ2) is 11.8. The molecule has 0 atom stereocenters. The van der Waals surface area contributed by atoms with E-state index in [2.05, 4.69) is 205 Å². The summed E-state index contributed by atoms with van der Waals surface area (Å²) in [5, 5.41) is 12.6. The highest BCUT2D eigenvalue weighted by molar-refractivity contribution is 6.22. The first kappa shape index (κ1) is 29.7. The van der Waals surface area contributed by atoms with Crippen LogP contribution in [-0.4, -0.2) is 4.57 Å². The minimum atomic E-state index is 1.16. The Hall–Kier alpha value is -6.96. The lowest BCUT2D eigenvalue weighted by Gasteiger charge is -2.19. The third-order valence-corrected chi connectivity index (χ3v) is 11.1. The van der Waals surface area contributed by atoms with Crippen molar-refractivity contribution in [1.29, 1.82) is 0 Å². The maximum absolute atomic E-state index is 2.41. The molecule has 0 saturated heterocycles. The summed E-state index contributed by atoms with van der Waals surface area (Å²) in [4.78, 5) is 0. The van der Waals surface area contributed by atoms with Crippen LogP contribution in [0, 0.1) is 0 Å². The largest absolute Gasteiger partial charge is 0.309 e. The maximum Gasteiger partial charge on any atom is 0.0541 e. The van der Waals surface area contributed by atoms with E-state index in [1.54, 1.807) is 0 Å². The number of fused-ring (bicyclic) bond motifs is 7. The zero-order valence-corrected chi connectivity index (χ0v) is 29.0. The Bertz CT molecular complexity index is 3150. The highest BCUT2D eigenvalue weighted by Gasteiger charge is 2.19. The molecule has 1 heterocycles. The first-order chi connectivity index (χ1) is 26.3. The van der Waals surface area contributed by atoms with E-state index in [1.807, 2.05) is 0 Å². The summed E-state index contributed by atoms with van der Waals surface area (Å²) >= 11 is 0. The van der Waals surface area contributed by atoms with Crippen molar-refractivity contribution in [1.82, 2.24) is 4.57 Å². The molecule has 0 unspecified atom stereocenters. The van der Waals surface area contributed by atoms with Crippen LogP contribution in [0.25, 0.3) is 104 Å². The van der Waals surface area contributed by atoms with Crippen LogP contribution >= 0.6 is 0 Å². The van der Waals surface area contributed by atoms with Gasteiger partial charge in [0.15, 0.2) is 0 Å². The predicted molar refractivity (Wildman–Crippen MR) is 227 cm³/mol. The van der Waals surface area contributed by atoms with E-state index < -0.39 is 0 Å². The molecule has 0 aliphatic rings. The first-order valence-corrected chi connectivity index (χ1v) is 18.3. The molecule has 0 radical (unpaired) electrons. The zero-order chi connectivity index (χ0) is 34.9. The van der Waals surface area contributed by atoms with Crippen molar-refractivity contribution in [2.45, 2.75) is 0 Å². The van der Waals surface area contributed by atoms with Gasteiger partial charge in [-0.15, -0.1) is 0 Å². The molecule has 53 heavy (non-hydrogen) atoms. The molecule has 11 rings (SSSR count). The molecular weight excluding hydrogens is 639 g/mol. The standard InChI is InChI=1S/C52H33N/c1-2-12-34(13-3-1)39-26-29-47-48(33-39)52(40-23-22-38-30-36-14-4-5-15-37(36)31-41(38)32-40)46-19-7-6-18-45(46)51(47)35-24-27-42(28-25-35)53-49-20-10-8-16-43(49)44-17-9-11-21-50(44)53/h1-33H. The van der Waals surface area contributed by atoms with Crippen molar-refractivity contribution in [3.05, 3.63) is 200 Å². The Labute approximate surface area is 307 Å². The van der Waals surface area contributed by atoms with Crippen molar-refractivity contribution < 1.29 is 0 Å². The average molecular weight is 672 g/mol. The fourth-order valence-corrected chi connectivity index (χ4v) is 8.68. The number of rotatable bonds is 4. The third-order valence-electron chi connectivity index (χ3n) is 11.1. The van der Waals surface area contributed by atoms with Gasteiger partial charge in [0.25, 0.3) is 0 Å². The molecule has 0 spiro atoms. The van der Waals surface area contributed by atoms with Crippen LogP contribution in [0.15, 0.2) is 200 Å². The van der Waals surface area contributed by atoms with Gasteiger partial charge in [-0.2, -0.15) is 0 Å². The fourth-order valence-electron chi connectivity index (χ4n) is 8.68. The van der Waals surface area contributed by atoms with E-state index in [0.29, 0.717) is 0 Å². The Balaban J connectivity index is 1.16. The van der Waals surface area contributed by atoms with Gasteiger partial charge in [0.2, 0.25) is 0 Å². The average Bonchev–Trinajstić information content (AvgIpc) is 3.56. The maximum atomic E-state index is 2.41. The van der Waals surface area contributed by atoms with E-state index in [-0.39, 0.29) is 0 Å². The van der Waals surface area contributed by atoms with Crippen LogP contribution in [0.2, 0.25) is 0 Å². The van der Waals surface area contributed by atoms with Crippen molar-refractivity contribution in [2.75, 3.05) is 0 Å². The van der Waals surface area contributed by atoms with E-state index in [4.69, 9.17) is 0 Å². The van der Waals surface area contributed by atoms with Crippen LogP contribution in [0.3, 0.4) is 0 Å². The van der Waals surface area contributed by atoms with Gasteiger partial charge in [-0.05, 0) is 125 Å². The summed E-state index contributed by atoms with van der Waals surface area (Å²) in [7, 11) is 0. The Morgan fingerprint density at radius 2 is 0.736 bits per heavy atom. The molecule has 0 aliphatic heterocycles. The number of hydrogen-bond donors (Lipinski definition) is 0. The summed E-state index contributed by atoms with van der Waals surface area (Å²) in [6.07, 6.45) is 0. The van der Waals surface area contributed by atoms with Crippen molar-refractivity contribution >= 4 is 64.9 Å². The molecule has 0 fully saturated rings. The number of hydrogen-bond acceptors (Lipinski definition) is 0. The minimum Gasteiger partial charge on any atom is -0.309 e. The Morgan fingerprint density at radius 1 is 0.245 bits per heavy atom. The smallest absolute Gasteiger partial charge is 0.0541 e. The zero-order valence-electron chi connectivity index (χ0n) is 29.0. The highest BCUT2D eigenvalue weighted by Crippen LogP contribution is 2.46. The quantitative estimate of drug-likeness (QED) is 0.164. The second-order valence-corrected chi connectivity index (χ2v) is 14.1. The molecule has 10 aromatic carbocycles. The van der Waals surface area contributed by atoms with Crippen LogP contribution < -0.4 is 0 Å². The van der Waals surface area contributed by atoms with Crippen LogP contribution in [0.1, 0.15) is 0 Å². The molecule has 1 aromatic heterocycles. The molecular formula is C52H33N. The molecule has 0 N–H and O–H groups in total. The van der Waals surface area contributed by atoms with Crippen molar-refractivity contribution in [3.8, 4) is 39.1 Å². The van der Waals surface area contributed by atoms with Gasteiger partial charge in [0.1, 0.15) is 0 Å². The first-order valence-electron chi connectivity index (χ1n) is 18.3. The van der Waals surface area contributed by atoms with E-state index in [9.17, 15) is 0 Å². The van der Waals surface area contributed by atoms with Gasteiger partial charge in [-0.3, -0.25) is 0 Å². The minimum absolute atomic E-state index is 1.16. The normalized spacial score (nSPS) is 11.8. The summed E-state index contributed by atoms with van der Waals surface area (Å²) in [6.45, 7) is 0. The number of aromatic nitrogens is 1. The number of benzene rings is 10. The molecule has 1 nitrogen and oxygen atoms in total. The van der Waals surface area contributed by atoms with Gasteiger partial charge < -0.3 is 4.57 Å². The lowest BCUT2D eigenvalue weighted by atomic mass is 9.84. The fraction of sp³-hybridized carbons (Fsp3) is 0. The van der Waals surface area contributed by atoms with Crippen molar-refractivity contribution in [2.24, 2.45) is 0 Å². The van der Waals surface area contributed by atoms with Crippen LogP contribution in [-0.2, 0) is 0 Å². The third kappa shape index (κ3) is 4.71. The summed E-state index contributed by atoms with van der Waals surface area (Å²) < 4.78 is 2.39. The van der Waals surface area contributed by atoms with Gasteiger partial charge >= 0.3 is 0 Å². The summed E-state index contributed by atoms with van der Waals surface area (Å²) in [5.74, 6) is 0. The molecule has 0 aliphatic carbocycles. The van der Waals surface area contributed by atoms with Gasteiger partial charge in [0, 0.05) is 16.5 Å². The van der Waals surface area contributed by atoms with E-state index >= 15 is 0 Å². The van der Waals surface area contributed by atoms with Crippen LogP contribution in [0.4, 0.5) is 0 Å². The number of nitrogens with zero attached hydrogens (tertiary/aromatic N) is 1. The van der Waals surface area contributed by atoms with Crippen LogP contribution in [0.5, 0.6) is 0 Å². The molecule has 0 amide bonds. The molecule has 0 saturated carbocycles. The van der Waals surface area contributed by atoms with Gasteiger partial charge in [-0.25, -0.2) is 0 Å². The lowest BCUT2D eigenvalue weighted by molar-refractivity contribution is 1.18. The Morgan fingerprint density at radius 3 is 1.42 bits per heavy atom. The SMILES string of the molecule is c1ccc(-c2ccc3c(-c4ccc(-n5c6ccccc6c6ccccc65)cc4)c4ccccc4c(-c4ccc5cc6ccccc6cc5c4)c3c2)cc1. The second-order valence-electron chi connectivity index (χ2n) is 14.1. The van der Waals surface area contributed by atoms with E-state index in [1.165, 1.54) is 98.3 Å². The topological polar surface area (TPSA) is 4.93 Å². The molecule has 246 valence electrons. The summed E-state index contributed by atoms with van der Waals surface area (Å²) in [5.41, 5.74) is 11.0. The molecule has 11 aromatic rings. The lowest BCUT2D eigenvalue weighted by Crippen LogP contribution is -1.95. The highest BCUT2D eigenvalue weighted by atomic mass is 15.0. The van der Waals surface area contributed by atoms with E-state index in [0.717, 1.165) is 5.69 Å². The molecule has 1 heteroatoms.